The van der Waals surface area contributed by atoms with Gasteiger partial charge in [-0.25, -0.2) is 13.1 Å². The Kier molecular flexibility index (Phi) is 5.45. The van der Waals surface area contributed by atoms with E-state index in [-0.39, 0.29) is 4.90 Å². The van der Waals surface area contributed by atoms with E-state index in [1.54, 1.807) is 31.2 Å². The van der Waals surface area contributed by atoms with Crippen molar-refractivity contribution in [3.63, 3.8) is 0 Å². The molecule has 6 nitrogen and oxygen atoms in total. The maximum Gasteiger partial charge on any atom is 0.274 e. The minimum atomic E-state index is -3.98. The monoisotopic (exact) mass is 358 g/mol. The molecule has 1 N–H and O–H groups in total. The van der Waals surface area contributed by atoms with Crippen LogP contribution in [0, 0.1) is 25.2 Å². The average molecular weight is 358 g/mol. The average Bonchev–Trinajstić information content (AvgIpc) is 2.57. The molecule has 0 spiro atoms. The van der Waals surface area contributed by atoms with Crippen molar-refractivity contribution in [3.05, 3.63) is 59.2 Å². The molecule has 1 amide bonds. The highest BCUT2D eigenvalue weighted by atomic mass is 32.2. The topological polar surface area (TPSA) is 96.3 Å². The zero-order chi connectivity index (χ0) is 18.6. The van der Waals surface area contributed by atoms with Crippen molar-refractivity contribution in [3.8, 4) is 11.8 Å². The highest BCUT2D eigenvalue weighted by Gasteiger charge is 2.23. The molecule has 7 heteroatoms. The van der Waals surface area contributed by atoms with Crippen LogP contribution in [0.4, 0.5) is 0 Å². The van der Waals surface area contributed by atoms with Crippen LogP contribution in [0.2, 0.25) is 0 Å². The second kappa shape index (κ2) is 7.36. The lowest BCUT2D eigenvalue weighted by Gasteiger charge is -2.15. The Labute approximate surface area is 147 Å². The molecule has 1 unspecified atom stereocenters. The van der Waals surface area contributed by atoms with Crippen molar-refractivity contribution in [1.29, 1.82) is 5.26 Å². The minimum Gasteiger partial charge on any atom is -0.481 e. The lowest BCUT2D eigenvalue weighted by molar-refractivity contribution is -0.125. The number of nitrogens with one attached hydrogen (secondary N) is 1. The molecular weight excluding hydrogens is 340 g/mol. The van der Waals surface area contributed by atoms with Gasteiger partial charge in [-0.1, -0.05) is 12.1 Å². The molecule has 0 radical (unpaired) electrons. The predicted molar refractivity (Wildman–Crippen MR) is 92.5 cm³/mol. The van der Waals surface area contributed by atoms with Crippen LogP contribution in [0.5, 0.6) is 5.75 Å². The standard InChI is InChI=1S/C18H18N2O4S/c1-12-7-8-17(9-13(12)2)25(22,23)20-18(21)14(3)24-16-6-4-5-15(10-16)11-19/h4-10,14H,1-3H3,(H,20,21). The predicted octanol–water partition coefficient (Wildman–Crippen LogP) is 2.45. The molecule has 0 heterocycles. The number of amides is 1. The van der Waals surface area contributed by atoms with Crippen molar-refractivity contribution in [2.75, 3.05) is 0 Å². The Morgan fingerprint density at radius 1 is 1.16 bits per heavy atom. The Hall–Kier alpha value is -2.85. The number of ether oxygens (including phenoxy) is 1. The van der Waals surface area contributed by atoms with Gasteiger partial charge in [0, 0.05) is 0 Å². The van der Waals surface area contributed by atoms with Gasteiger partial charge in [0.1, 0.15) is 5.75 Å². The third-order valence-corrected chi connectivity index (χ3v) is 5.01. The van der Waals surface area contributed by atoms with Crippen molar-refractivity contribution in [2.24, 2.45) is 0 Å². The van der Waals surface area contributed by atoms with Crippen LogP contribution in [0.3, 0.4) is 0 Å². The molecular formula is C18H18N2O4S. The van der Waals surface area contributed by atoms with Gasteiger partial charge in [-0.3, -0.25) is 4.79 Å². The molecule has 130 valence electrons. The van der Waals surface area contributed by atoms with E-state index < -0.39 is 22.0 Å². The van der Waals surface area contributed by atoms with E-state index in [1.807, 2.05) is 17.7 Å². The molecule has 0 aliphatic heterocycles. The first kappa shape index (κ1) is 18.5. The first-order valence-corrected chi connectivity index (χ1v) is 9.02. The van der Waals surface area contributed by atoms with Gasteiger partial charge >= 0.3 is 0 Å². The lowest BCUT2D eigenvalue weighted by atomic mass is 10.1. The van der Waals surface area contributed by atoms with Gasteiger partial charge in [0.05, 0.1) is 16.5 Å². The van der Waals surface area contributed by atoms with Gasteiger partial charge in [-0.05, 0) is 62.2 Å². The quantitative estimate of drug-likeness (QED) is 0.885. The molecule has 2 rings (SSSR count). The van der Waals surface area contributed by atoms with Crippen molar-refractivity contribution in [2.45, 2.75) is 31.8 Å². The SMILES string of the molecule is Cc1ccc(S(=O)(=O)NC(=O)C(C)Oc2cccc(C#N)c2)cc1C. The number of carbonyl (C=O) groups is 1. The highest BCUT2D eigenvalue weighted by Crippen LogP contribution is 2.16. The largest absolute Gasteiger partial charge is 0.481 e. The normalized spacial score (nSPS) is 12.1. The molecule has 0 aliphatic carbocycles. The van der Waals surface area contributed by atoms with E-state index >= 15 is 0 Å². The zero-order valence-electron chi connectivity index (χ0n) is 14.1. The lowest BCUT2D eigenvalue weighted by Crippen LogP contribution is -2.40. The zero-order valence-corrected chi connectivity index (χ0v) is 14.9. The van der Waals surface area contributed by atoms with E-state index in [1.165, 1.54) is 25.1 Å². The number of hydrogen-bond acceptors (Lipinski definition) is 5. The van der Waals surface area contributed by atoms with E-state index in [0.29, 0.717) is 11.3 Å². The molecule has 0 aromatic heterocycles. The van der Waals surface area contributed by atoms with E-state index in [9.17, 15) is 13.2 Å². The van der Waals surface area contributed by atoms with Crippen molar-refractivity contribution < 1.29 is 17.9 Å². The number of hydrogen-bond donors (Lipinski definition) is 1. The Morgan fingerprint density at radius 2 is 1.88 bits per heavy atom. The summed E-state index contributed by atoms with van der Waals surface area (Å²) < 4.78 is 32.1. The molecule has 0 fully saturated rings. The Morgan fingerprint density at radius 3 is 2.52 bits per heavy atom. The number of nitriles is 1. The summed E-state index contributed by atoms with van der Waals surface area (Å²) in [5.41, 5.74) is 2.15. The van der Waals surface area contributed by atoms with Gasteiger partial charge in [0.2, 0.25) is 0 Å². The van der Waals surface area contributed by atoms with Gasteiger partial charge in [-0.2, -0.15) is 5.26 Å². The summed E-state index contributed by atoms with van der Waals surface area (Å²) in [5.74, 6) is -0.481. The summed E-state index contributed by atoms with van der Waals surface area (Å²) in [5, 5.41) is 8.86. The number of carbonyl (C=O) groups excluding carboxylic acids is 1. The van der Waals surface area contributed by atoms with Crippen LogP contribution in [-0.2, 0) is 14.8 Å². The van der Waals surface area contributed by atoms with Crippen LogP contribution >= 0.6 is 0 Å². The summed E-state index contributed by atoms with van der Waals surface area (Å²) in [6.07, 6.45) is -1.05. The Balaban J connectivity index is 2.11. The summed E-state index contributed by atoms with van der Waals surface area (Å²) in [6.45, 7) is 5.10. The summed E-state index contributed by atoms with van der Waals surface area (Å²) in [6, 6.07) is 12.9. The van der Waals surface area contributed by atoms with E-state index in [4.69, 9.17) is 10.00 Å². The summed E-state index contributed by atoms with van der Waals surface area (Å²) >= 11 is 0. The highest BCUT2D eigenvalue weighted by molar-refractivity contribution is 7.90. The first-order chi connectivity index (χ1) is 11.7. The molecule has 1 atom stereocenters. The van der Waals surface area contributed by atoms with Crippen molar-refractivity contribution in [1.82, 2.24) is 4.72 Å². The second-order valence-corrected chi connectivity index (χ2v) is 7.30. The third kappa shape index (κ3) is 4.58. The molecule has 25 heavy (non-hydrogen) atoms. The molecule has 0 saturated heterocycles. The molecule has 2 aromatic rings. The number of sulfonamides is 1. The molecule has 0 saturated carbocycles. The van der Waals surface area contributed by atoms with E-state index in [0.717, 1.165) is 11.1 Å². The number of benzene rings is 2. The fourth-order valence-corrected chi connectivity index (χ4v) is 3.18. The van der Waals surface area contributed by atoms with Gasteiger partial charge in [0.15, 0.2) is 6.10 Å². The fraction of sp³-hybridized carbons (Fsp3) is 0.222. The number of aryl methyl sites for hydroxylation is 2. The maximum absolute atomic E-state index is 12.3. The van der Waals surface area contributed by atoms with Crippen molar-refractivity contribution >= 4 is 15.9 Å². The third-order valence-electron chi connectivity index (χ3n) is 3.67. The summed E-state index contributed by atoms with van der Waals surface area (Å²) in [7, 11) is -3.98. The minimum absolute atomic E-state index is 0.0163. The number of rotatable bonds is 5. The van der Waals surface area contributed by atoms with E-state index in [2.05, 4.69) is 0 Å². The van der Waals surface area contributed by atoms with Crippen LogP contribution in [0.15, 0.2) is 47.4 Å². The fourth-order valence-electron chi connectivity index (χ4n) is 2.05. The molecule has 2 aromatic carbocycles. The molecule has 0 aliphatic rings. The maximum atomic E-state index is 12.3. The second-order valence-electron chi connectivity index (χ2n) is 5.62. The van der Waals surface area contributed by atoms with Crippen LogP contribution in [0.1, 0.15) is 23.6 Å². The smallest absolute Gasteiger partial charge is 0.274 e. The van der Waals surface area contributed by atoms with Gasteiger partial charge in [0.25, 0.3) is 15.9 Å². The van der Waals surface area contributed by atoms with Crippen LogP contribution in [0.25, 0.3) is 0 Å². The Bertz CT molecular complexity index is 946. The van der Waals surface area contributed by atoms with Crippen LogP contribution < -0.4 is 9.46 Å². The summed E-state index contributed by atoms with van der Waals surface area (Å²) in [4.78, 5) is 12.2. The molecule has 0 bridgehead atoms. The first-order valence-electron chi connectivity index (χ1n) is 7.53. The number of nitrogens with zero attached hydrogens (tertiary/aromatic N) is 1. The van der Waals surface area contributed by atoms with Gasteiger partial charge < -0.3 is 4.74 Å². The van der Waals surface area contributed by atoms with Gasteiger partial charge in [-0.15, -0.1) is 0 Å². The van der Waals surface area contributed by atoms with Crippen LogP contribution in [-0.4, -0.2) is 20.4 Å².